The predicted octanol–water partition coefficient (Wildman–Crippen LogP) is -0.296. The Kier molecular flexibility index (Phi) is 5.08. The van der Waals surface area contributed by atoms with Gasteiger partial charge in [-0.2, -0.15) is 17.9 Å². The lowest BCUT2D eigenvalue weighted by Gasteiger charge is -2.07. The van der Waals surface area contributed by atoms with Crippen molar-refractivity contribution in [3.05, 3.63) is 29.8 Å². The van der Waals surface area contributed by atoms with Crippen molar-refractivity contribution in [2.45, 2.75) is 6.54 Å². The van der Waals surface area contributed by atoms with E-state index in [1.54, 1.807) is 24.3 Å². The molecule has 1 aromatic carbocycles. The van der Waals surface area contributed by atoms with E-state index in [1.165, 1.54) is 7.11 Å². The van der Waals surface area contributed by atoms with Crippen LogP contribution < -0.4 is 14.2 Å². The smallest absolute Gasteiger partial charge is 0.318 e. The SMILES string of the molecule is COc1ccc(CNS(=O)(=O)NCC(=O)O)cc1. The second-order valence-corrected chi connectivity index (χ2v) is 4.97. The number of ether oxygens (including phenoxy) is 1. The summed E-state index contributed by atoms with van der Waals surface area (Å²) < 4.78 is 31.7. The van der Waals surface area contributed by atoms with Gasteiger partial charge in [0.2, 0.25) is 0 Å². The lowest BCUT2D eigenvalue weighted by molar-refractivity contribution is -0.135. The third kappa shape index (κ3) is 5.13. The molecule has 0 radical (unpaired) electrons. The highest BCUT2D eigenvalue weighted by Crippen LogP contribution is 2.10. The van der Waals surface area contributed by atoms with Crippen LogP contribution in [-0.4, -0.2) is 33.1 Å². The van der Waals surface area contributed by atoms with Crippen LogP contribution in [0.25, 0.3) is 0 Å². The molecule has 1 aromatic rings. The fourth-order valence-electron chi connectivity index (χ4n) is 1.13. The minimum atomic E-state index is -3.80. The molecule has 0 unspecified atom stereocenters. The van der Waals surface area contributed by atoms with Crippen LogP contribution in [0, 0.1) is 0 Å². The first-order valence-electron chi connectivity index (χ1n) is 5.02. The van der Waals surface area contributed by atoms with E-state index in [1.807, 2.05) is 4.72 Å². The first-order chi connectivity index (χ1) is 8.43. The van der Waals surface area contributed by atoms with Gasteiger partial charge in [-0.15, -0.1) is 0 Å². The first-order valence-corrected chi connectivity index (χ1v) is 6.50. The zero-order chi connectivity index (χ0) is 13.6. The van der Waals surface area contributed by atoms with Crippen LogP contribution in [0.3, 0.4) is 0 Å². The molecular formula is C10H14N2O5S. The third-order valence-electron chi connectivity index (χ3n) is 2.04. The highest BCUT2D eigenvalue weighted by Gasteiger charge is 2.10. The average molecular weight is 274 g/mol. The van der Waals surface area contributed by atoms with Gasteiger partial charge < -0.3 is 9.84 Å². The fraction of sp³-hybridized carbons (Fsp3) is 0.300. The van der Waals surface area contributed by atoms with Crippen molar-refractivity contribution in [2.24, 2.45) is 0 Å². The first kappa shape index (κ1) is 14.4. The molecule has 0 saturated carbocycles. The van der Waals surface area contributed by atoms with Crippen molar-refractivity contribution in [1.82, 2.24) is 9.44 Å². The highest BCUT2D eigenvalue weighted by molar-refractivity contribution is 7.87. The Morgan fingerprint density at radius 2 is 1.89 bits per heavy atom. The summed E-state index contributed by atoms with van der Waals surface area (Å²) >= 11 is 0. The summed E-state index contributed by atoms with van der Waals surface area (Å²) in [5.41, 5.74) is 0.733. The van der Waals surface area contributed by atoms with Crippen LogP contribution >= 0.6 is 0 Å². The summed E-state index contributed by atoms with van der Waals surface area (Å²) in [6.07, 6.45) is 0. The summed E-state index contributed by atoms with van der Waals surface area (Å²) in [7, 11) is -2.27. The minimum Gasteiger partial charge on any atom is -0.497 e. The standard InChI is InChI=1S/C10H14N2O5S/c1-17-9-4-2-8(3-5-9)6-11-18(15,16)12-7-10(13)14/h2-5,11-12H,6-7H2,1H3,(H,13,14). The largest absolute Gasteiger partial charge is 0.497 e. The summed E-state index contributed by atoms with van der Waals surface area (Å²) in [4.78, 5) is 10.2. The summed E-state index contributed by atoms with van der Waals surface area (Å²) in [6, 6.07) is 6.82. The number of carboxylic acids is 1. The van der Waals surface area contributed by atoms with E-state index < -0.39 is 22.7 Å². The molecule has 0 amide bonds. The number of carbonyl (C=O) groups is 1. The van der Waals surface area contributed by atoms with Crippen molar-refractivity contribution in [3.63, 3.8) is 0 Å². The zero-order valence-electron chi connectivity index (χ0n) is 9.71. The van der Waals surface area contributed by atoms with Crippen LogP contribution in [0.2, 0.25) is 0 Å². The number of carboxylic acid groups (broad SMARTS) is 1. The van der Waals surface area contributed by atoms with Gasteiger partial charge in [0.1, 0.15) is 12.3 Å². The van der Waals surface area contributed by atoms with E-state index >= 15 is 0 Å². The molecule has 3 N–H and O–H groups in total. The third-order valence-corrected chi connectivity index (χ3v) is 3.09. The second-order valence-electron chi connectivity index (χ2n) is 3.39. The number of methoxy groups -OCH3 is 1. The Labute approximate surface area is 105 Å². The number of aliphatic carboxylic acids is 1. The molecule has 1 rings (SSSR count). The molecular weight excluding hydrogens is 260 g/mol. The molecule has 7 nitrogen and oxygen atoms in total. The second kappa shape index (κ2) is 6.34. The summed E-state index contributed by atoms with van der Waals surface area (Å²) in [6.45, 7) is -0.586. The molecule has 0 fully saturated rings. The molecule has 0 saturated heterocycles. The topological polar surface area (TPSA) is 105 Å². The van der Waals surface area contributed by atoms with Crippen molar-refractivity contribution in [3.8, 4) is 5.75 Å². The molecule has 8 heteroatoms. The molecule has 0 aliphatic carbocycles. The summed E-state index contributed by atoms with van der Waals surface area (Å²) in [5.74, 6) is -0.574. The quantitative estimate of drug-likeness (QED) is 0.633. The Balaban J connectivity index is 2.50. The van der Waals surface area contributed by atoms with E-state index in [4.69, 9.17) is 9.84 Å². The zero-order valence-corrected chi connectivity index (χ0v) is 10.5. The van der Waals surface area contributed by atoms with Gasteiger partial charge in [-0.05, 0) is 17.7 Å². The number of nitrogens with one attached hydrogen (secondary N) is 2. The van der Waals surface area contributed by atoms with E-state index in [0.717, 1.165) is 5.56 Å². The van der Waals surface area contributed by atoms with Crippen LogP contribution in [-0.2, 0) is 21.5 Å². The number of rotatable bonds is 7. The number of hydrogen-bond donors (Lipinski definition) is 3. The molecule has 0 heterocycles. The molecule has 0 atom stereocenters. The number of benzene rings is 1. The van der Waals surface area contributed by atoms with Crippen molar-refractivity contribution < 1.29 is 23.1 Å². The summed E-state index contributed by atoms with van der Waals surface area (Å²) in [5, 5.41) is 8.35. The Morgan fingerprint density at radius 3 is 2.39 bits per heavy atom. The van der Waals surface area contributed by atoms with E-state index in [-0.39, 0.29) is 6.54 Å². The van der Waals surface area contributed by atoms with Gasteiger partial charge in [0.25, 0.3) is 10.2 Å². The maximum atomic E-state index is 11.3. The average Bonchev–Trinajstić information content (AvgIpc) is 2.35. The van der Waals surface area contributed by atoms with E-state index in [0.29, 0.717) is 5.75 Å². The fourth-order valence-corrected chi connectivity index (χ4v) is 1.90. The van der Waals surface area contributed by atoms with Crippen molar-refractivity contribution >= 4 is 16.2 Å². The van der Waals surface area contributed by atoms with Gasteiger partial charge >= 0.3 is 5.97 Å². The normalized spacial score (nSPS) is 11.2. The molecule has 100 valence electrons. The van der Waals surface area contributed by atoms with Gasteiger partial charge in [-0.25, -0.2) is 0 Å². The van der Waals surface area contributed by atoms with Crippen LogP contribution in [0.4, 0.5) is 0 Å². The lowest BCUT2D eigenvalue weighted by atomic mass is 10.2. The van der Waals surface area contributed by atoms with Gasteiger partial charge in [0.15, 0.2) is 0 Å². The van der Waals surface area contributed by atoms with Gasteiger partial charge in [0, 0.05) is 6.54 Å². The maximum Gasteiger partial charge on any atom is 0.318 e. The maximum absolute atomic E-state index is 11.3. The molecule has 0 aliphatic heterocycles. The minimum absolute atomic E-state index is 0.0684. The van der Waals surface area contributed by atoms with Crippen LogP contribution in [0.1, 0.15) is 5.56 Å². The molecule has 0 aromatic heterocycles. The van der Waals surface area contributed by atoms with Crippen LogP contribution in [0.15, 0.2) is 24.3 Å². The lowest BCUT2D eigenvalue weighted by Crippen LogP contribution is -2.38. The highest BCUT2D eigenvalue weighted by atomic mass is 32.2. The van der Waals surface area contributed by atoms with Crippen molar-refractivity contribution in [1.29, 1.82) is 0 Å². The van der Waals surface area contributed by atoms with Gasteiger partial charge in [-0.3, -0.25) is 4.79 Å². The van der Waals surface area contributed by atoms with Gasteiger partial charge in [0.05, 0.1) is 7.11 Å². The molecule has 18 heavy (non-hydrogen) atoms. The van der Waals surface area contributed by atoms with Gasteiger partial charge in [-0.1, -0.05) is 12.1 Å². The molecule has 0 aliphatic rings. The number of hydrogen-bond acceptors (Lipinski definition) is 4. The molecule has 0 bridgehead atoms. The van der Waals surface area contributed by atoms with Crippen LogP contribution in [0.5, 0.6) is 5.75 Å². The van der Waals surface area contributed by atoms with E-state index in [9.17, 15) is 13.2 Å². The Morgan fingerprint density at radius 1 is 1.28 bits per heavy atom. The molecule has 0 spiro atoms. The monoisotopic (exact) mass is 274 g/mol. The van der Waals surface area contributed by atoms with Crippen molar-refractivity contribution in [2.75, 3.05) is 13.7 Å². The van der Waals surface area contributed by atoms with E-state index in [2.05, 4.69) is 4.72 Å². The predicted molar refractivity (Wildman–Crippen MR) is 64.4 cm³/mol. The Hall–Kier alpha value is -1.64. The Bertz CT molecular complexity index is 498.